The number of rotatable bonds is 4. The summed E-state index contributed by atoms with van der Waals surface area (Å²) in [5, 5.41) is 10.1. The van der Waals surface area contributed by atoms with Gasteiger partial charge >= 0.3 is 18.1 Å². The minimum Gasteiger partial charge on any atom is -0.480 e. The number of carbonyl (C=O) groups is 2. The van der Waals surface area contributed by atoms with E-state index in [9.17, 15) is 27.2 Å². The summed E-state index contributed by atoms with van der Waals surface area (Å²) in [5.74, 6) is -4.50. The first-order valence-corrected chi connectivity index (χ1v) is 5.05. The highest BCUT2D eigenvalue weighted by molar-refractivity contribution is 5.87. The molecule has 1 rings (SSSR count). The van der Waals surface area contributed by atoms with Gasteiger partial charge in [0.2, 0.25) is 0 Å². The van der Waals surface area contributed by atoms with Crippen molar-refractivity contribution in [2.45, 2.75) is 18.6 Å². The van der Waals surface area contributed by atoms with Gasteiger partial charge in [0.1, 0.15) is 11.9 Å². The van der Waals surface area contributed by atoms with Crippen molar-refractivity contribution in [1.29, 1.82) is 0 Å². The van der Waals surface area contributed by atoms with Gasteiger partial charge in [0.05, 0.1) is 0 Å². The molecule has 4 nitrogen and oxygen atoms in total. The number of hydrogen-bond donors (Lipinski definition) is 2. The third-order valence-corrected chi connectivity index (χ3v) is 2.21. The Balaban J connectivity index is 2.77. The summed E-state index contributed by atoms with van der Waals surface area (Å²) in [6, 6.07) is 2.80. The molecular formula is C11H9F4NO3. The maximum atomic E-state index is 12.6. The molecule has 19 heavy (non-hydrogen) atoms. The Labute approximate surface area is 105 Å². The Morgan fingerprint density at radius 3 is 2.16 bits per heavy atom. The van der Waals surface area contributed by atoms with Gasteiger partial charge in [-0.1, -0.05) is 12.1 Å². The van der Waals surface area contributed by atoms with Gasteiger partial charge in [-0.2, -0.15) is 13.2 Å². The molecule has 0 saturated heterocycles. The van der Waals surface area contributed by atoms with Crippen LogP contribution in [0.5, 0.6) is 0 Å². The maximum absolute atomic E-state index is 12.6. The predicted molar refractivity (Wildman–Crippen MR) is 55.7 cm³/mol. The zero-order valence-corrected chi connectivity index (χ0v) is 9.37. The van der Waals surface area contributed by atoms with Crippen molar-refractivity contribution >= 4 is 11.9 Å². The van der Waals surface area contributed by atoms with E-state index in [0.29, 0.717) is 0 Å². The van der Waals surface area contributed by atoms with Crippen molar-refractivity contribution < 1.29 is 32.3 Å². The summed E-state index contributed by atoms with van der Waals surface area (Å²) in [6.45, 7) is 0. The first-order chi connectivity index (χ1) is 8.70. The number of carbonyl (C=O) groups excluding carboxylic acids is 1. The van der Waals surface area contributed by atoms with Gasteiger partial charge in [-0.15, -0.1) is 0 Å². The fraction of sp³-hybridized carbons (Fsp3) is 0.273. The molecule has 1 atom stereocenters. The molecule has 0 aliphatic rings. The number of amides is 1. The van der Waals surface area contributed by atoms with E-state index in [-0.39, 0.29) is 12.0 Å². The van der Waals surface area contributed by atoms with Crippen LogP contribution in [0.2, 0.25) is 0 Å². The average Bonchev–Trinajstić information content (AvgIpc) is 2.29. The molecule has 0 fully saturated rings. The van der Waals surface area contributed by atoms with Crippen molar-refractivity contribution in [1.82, 2.24) is 5.32 Å². The smallest absolute Gasteiger partial charge is 0.471 e. The number of carboxylic acids is 1. The van der Waals surface area contributed by atoms with E-state index in [1.165, 1.54) is 17.4 Å². The Hall–Kier alpha value is -2.12. The molecule has 1 aromatic carbocycles. The highest BCUT2D eigenvalue weighted by Crippen LogP contribution is 2.15. The Kier molecular flexibility index (Phi) is 4.47. The predicted octanol–water partition coefficient (Wildman–Crippen LogP) is 1.50. The van der Waals surface area contributed by atoms with Crippen LogP contribution >= 0.6 is 0 Å². The van der Waals surface area contributed by atoms with Crippen LogP contribution in [0.1, 0.15) is 5.56 Å². The van der Waals surface area contributed by atoms with Gasteiger partial charge < -0.3 is 10.4 Å². The fourth-order valence-corrected chi connectivity index (χ4v) is 1.30. The molecular weight excluding hydrogens is 270 g/mol. The second-order valence-electron chi connectivity index (χ2n) is 3.69. The Morgan fingerprint density at radius 1 is 1.21 bits per heavy atom. The molecule has 0 aliphatic carbocycles. The summed E-state index contributed by atoms with van der Waals surface area (Å²) in [6.07, 6.45) is -5.53. The van der Waals surface area contributed by atoms with Crippen LogP contribution < -0.4 is 5.32 Å². The normalized spacial score (nSPS) is 12.8. The van der Waals surface area contributed by atoms with Crippen LogP contribution in [0.15, 0.2) is 24.3 Å². The van der Waals surface area contributed by atoms with E-state index in [1.807, 2.05) is 0 Å². The summed E-state index contributed by atoms with van der Waals surface area (Å²) in [7, 11) is 0. The first-order valence-electron chi connectivity index (χ1n) is 5.05. The lowest BCUT2D eigenvalue weighted by molar-refractivity contribution is -0.175. The van der Waals surface area contributed by atoms with Crippen molar-refractivity contribution in [3.63, 3.8) is 0 Å². The highest BCUT2D eigenvalue weighted by Gasteiger charge is 2.40. The van der Waals surface area contributed by atoms with Gasteiger partial charge in [0.25, 0.3) is 0 Å². The lowest BCUT2D eigenvalue weighted by Gasteiger charge is -2.15. The highest BCUT2D eigenvalue weighted by atomic mass is 19.4. The number of nitrogens with one attached hydrogen (secondary N) is 1. The van der Waals surface area contributed by atoms with Gasteiger partial charge in [0, 0.05) is 6.42 Å². The van der Waals surface area contributed by atoms with Crippen molar-refractivity contribution in [3.05, 3.63) is 35.6 Å². The van der Waals surface area contributed by atoms with E-state index in [2.05, 4.69) is 0 Å². The molecule has 0 saturated carbocycles. The molecule has 0 radical (unpaired) electrons. The summed E-state index contributed by atoms with van der Waals surface area (Å²) in [5.41, 5.74) is 0.288. The fourth-order valence-electron chi connectivity index (χ4n) is 1.30. The minimum atomic E-state index is -5.16. The quantitative estimate of drug-likeness (QED) is 0.821. The Bertz CT molecular complexity index is 470. The summed E-state index contributed by atoms with van der Waals surface area (Å²) in [4.78, 5) is 21.4. The zero-order valence-electron chi connectivity index (χ0n) is 9.37. The molecule has 0 heterocycles. The molecule has 1 aromatic rings. The number of carboxylic acid groups (broad SMARTS) is 1. The van der Waals surface area contributed by atoms with Crippen LogP contribution in [-0.4, -0.2) is 29.2 Å². The average molecular weight is 279 g/mol. The molecule has 0 aliphatic heterocycles. The molecule has 0 aromatic heterocycles. The van der Waals surface area contributed by atoms with E-state index in [1.54, 1.807) is 0 Å². The van der Waals surface area contributed by atoms with Gasteiger partial charge in [-0.25, -0.2) is 9.18 Å². The van der Waals surface area contributed by atoms with Gasteiger partial charge in [-0.3, -0.25) is 4.79 Å². The van der Waals surface area contributed by atoms with Crippen molar-refractivity contribution in [2.75, 3.05) is 0 Å². The maximum Gasteiger partial charge on any atom is 0.471 e. The lowest BCUT2D eigenvalue weighted by Crippen LogP contribution is -2.47. The minimum absolute atomic E-state index is 0.288. The molecule has 1 amide bonds. The Morgan fingerprint density at radius 2 is 1.74 bits per heavy atom. The summed E-state index contributed by atoms with van der Waals surface area (Å²) < 4.78 is 48.6. The van der Waals surface area contributed by atoms with Gasteiger partial charge in [0.15, 0.2) is 0 Å². The molecule has 8 heteroatoms. The summed E-state index contributed by atoms with van der Waals surface area (Å²) >= 11 is 0. The van der Waals surface area contributed by atoms with Crippen molar-refractivity contribution in [3.8, 4) is 0 Å². The third-order valence-electron chi connectivity index (χ3n) is 2.21. The number of halogens is 4. The van der Waals surface area contributed by atoms with E-state index >= 15 is 0 Å². The monoisotopic (exact) mass is 279 g/mol. The number of hydrogen-bond acceptors (Lipinski definition) is 2. The van der Waals surface area contributed by atoms with E-state index < -0.39 is 29.9 Å². The standard InChI is InChI=1S/C11H9F4NO3/c12-7-3-1-6(2-4-7)5-8(9(17)18)16-10(19)11(13,14)15/h1-4,8H,5H2,(H,16,19)(H,17,18)/t8-/m0/s1. The first kappa shape index (κ1) is 14.9. The van der Waals surface area contributed by atoms with Crippen LogP contribution in [0.25, 0.3) is 0 Å². The number of aliphatic carboxylic acids is 1. The molecule has 0 spiro atoms. The van der Waals surface area contributed by atoms with Crippen LogP contribution in [-0.2, 0) is 16.0 Å². The van der Waals surface area contributed by atoms with E-state index in [0.717, 1.165) is 12.1 Å². The molecule has 0 unspecified atom stereocenters. The number of benzene rings is 1. The molecule has 0 bridgehead atoms. The zero-order chi connectivity index (χ0) is 14.6. The SMILES string of the molecule is O=C(O)[C@H](Cc1ccc(F)cc1)NC(=O)C(F)(F)F. The van der Waals surface area contributed by atoms with Crippen LogP contribution in [0, 0.1) is 5.82 Å². The third kappa shape index (κ3) is 4.57. The van der Waals surface area contributed by atoms with Gasteiger partial charge in [-0.05, 0) is 17.7 Å². The number of alkyl halides is 3. The molecule has 2 N–H and O–H groups in total. The van der Waals surface area contributed by atoms with Crippen molar-refractivity contribution in [2.24, 2.45) is 0 Å². The largest absolute Gasteiger partial charge is 0.480 e. The molecule has 104 valence electrons. The second-order valence-corrected chi connectivity index (χ2v) is 3.69. The van der Waals surface area contributed by atoms with Crippen LogP contribution in [0.4, 0.5) is 17.6 Å². The van der Waals surface area contributed by atoms with E-state index in [4.69, 9.17) is 5.11 Å². The lowest BCUT2D eigenvalue weighted by atomic mass is 10.1. The topological polar surface area (TPSA) is 66.4 Å². The second kappa shape index (κ2) is 5.68. The van der Waals surface area contributed by atoms with Crippen LogP contribution in [0.3, 0.4) is 0 Å².